The summed E-state index contributed by atoms with van der Waals surface area (Å²) in [5, 5.41) is 3.44. The molecule has 2 aromatic rings. The summed E-state index contributed by atoms with van der Waals surface area (Å²) in [5.74, 6) is 0. The molecule has 0 spiro atoms. The van der Waals surface area contributed by atoms with Gasteiger partial charge in [-0.15, -0.1) is 11.3 Å². The average Bonchev–Trinajstić information content (AvgIpc) is 2.76. The van der Waals surface area contributed by atoms with E-state index in [1.165, 1.54) is 15.3 Å². The van der Waals surface area contributed by atoms with Gasteiger partial charge in [0, 0.05) is 42.3 Å². The highest BCUT2D eigenvalue weighted by Gasteiger charge is 1.97. The van der Waals surface area contributed by atoms with Crippen molar-refractivity contribution < 1.29 is 0 Å². The van der Waals surface area contributed by atoms with Gasteiger partial charge in [0.15, 0.2) is 0 Å². The Labute approximate surface area is 94.6 Å². The Morgan fingerprint density at radius 3 is 2.73 bits per heavy atom. The largest absolute Gasteiger partial charge is 0.357 e. The molecular formula is C12H16N2S. The van der Waals surface area contributed by atoms with Gasteiger partial charge < -0.3 is 9.88 Å². The first-order valence-corrected chi connectivity index (χ1v) is 5.92. The van der Waals surface area contributed by atoms with Crippen LogP contribution in [0.25, 0.3) is 0 Å². The van der Waals surface area contributed by atoms with Gasteiger partial charge in [-0.25, -0.2) is 0 Å². The zero-order valence-corrected chi connectivity index (χ0v) is 9.97. The summed E-state index contributed by atoms with van der Waals surface area (Å²) in [6, 6.07) is 6.51. The fourth-order valence-electron chi connectivity index (χ4n) is 1.58. The number of thiophene rings is 1. The van der Waals surface area contributed by atoms with Crippen molar-refractivity contribution in [3.05, 3.63) is 45.9 Å². The number of hydrogen-bond acceptors (Lipinski definition) is 2. The lowest BCUT2D eigenvalue weighted by atomic mass is 10.3. The van der Waals surface area contributed by atoms with E-state index in [1.807, 2.05) is 18.4 Å². The summed E-state index contributed by atoms with van der Waals surface area (Å²) < 4.78 is 2.08. The first-order valence-electron chi connectivity index (χ1n) is 5.11. The maximum Gasteiger partial charge on any atom is 0.0303 e. The van der Waals surface area contributed by atoms with Gasteiger partial charge in [-0.1, -0.05) is 0 Å². The van der Waals surface area contributed by atoms with E-state index in [9.17, 15) is 0 Å². The molecule has 2 aromatic heterocycles. The van der Waals surface area contributed by atoms with Gasteiger partial charge in [-0.3, -0.25) is 0 Å². The van der Waals surface area contributed by atoms with Gasteiger partial charge in [-0.05, 0) is 30.7 Å². The smallest absolute Gasteiger partial charge is 0.0303 e. The summed E-state index contributed by atoms with van der Waals surface area (Å²) in [5.41, 5.74) is 1.34. The second-order valence-corrected chi connectivity index (χ2v) is 5.17. The van der Waals surface area contributed by atoms with Gasteiger partial charge in [0.2, 0.25) is 0 Å². The van der Waals surface area contributed by atoms with Crippen LogP contribution in [0.4, 0.5) is 0 Å². The molecule has 80 valence electrons. The summed E-state index contributed by atoms with van der Waals surface area (Å²) in [6.07, 6.45) is 4.22. The van der Waals surface area contributed by atoms with Crippen molar-refractivity contribution in [3.63, 3.8) is 0 Å². The summed E-state index contributed by atoms with van der Waals surface area (Å²) in [4.78, 5) is 2.79. The van der Waals surface area contributed by atoms with Crippen LogP contribution < -0.4 is 5.32 Å². The molecule has 0 saturated carbocycles. The van der Waals surface area contributed by atoms with Crippen LogP contribution >= 0.6 is 11.3 Å². The monoisotopic (exact) mass is 220 g/mol. The van der Waals surface area contributed by atoms with Crippen molar-refractivity contribution in [2.75, 3.05) is 0 Å². The Bertz CT molecular complexity index is 388. The number of hydrogen-bond donors (Lipinski definition) is 1. The fraction of sp³-hybridized carbons (Fsp3) is 0.333. The lowest BCUT2D eigenvalue weighted by Crippen LogP contribution is -2.11. The van der Waals surface area contributed by atoms with Crippen LogP contribution in [0.5, 0.6) is 0 Å². The molecule has 0 fully saturated rings. The lowest BCUT2D eigenvalue weighted by Gasteiger charge is -2.00. The predicted octanol–water partition coefficient (Wildman–Crippen LogP) is 2.68. The molecule has 0 saturated heterocycles. The van der Waals surface area contributed by atoms with E-state index in [4.69, 9.17) is 0 Å². The van der Waals surface area contributed by atoms with Crippen molar-refractivity contribution >= 4 is 11.3 Å². The third-order valence-corrected chi connectivity index (χ3v) is 3.32. The Kier molecular flexibility index (Phi) is 3.23. The van der Waals surface area contributed by atoms with Gasteiger partial charge in [0.05, 0.1) is 0 Å². The molecule has 0 radical (unpaired) electrons. The van der Waals surface area contributed by atoms with E-state index in [0.717, 1.165) is 13.1 Å². The molecule has 3 heteroatoms. The van der Waals surface area contributed by atoms with E-state index in [1.54, 1.807) is 0 Å². The third kappa shape index (κ3) is 2.94. The van der Waals surface area contributed by atoms with Crippen LogP contribution in [-0.2, 0) is 20.1 Å². The molecule has 2 heterocycles. The molecule has 0 amide bonds. The highest BCUT2D eigenvalue weighted by Crippen LogP contribution is 2.14. The number of nitrogens with one attached hydrogen (secondary N) is 1. The second kappa shape index (κ2) is 4.64. The molecular weight excluding hydrogens is 204 g/mol. The lowest BCUT2D eigenvalue weighted by molar-refractivity contribution is 0.699. The normalized spacial score (nSPS) is 10.8. The molecule has 2 rings (SSSR count). The van der Waals surface area contributed by atoms with Crippen LogP contribution in [-0.4, -0.2) is 4.57 Å². The van der Waals surface area contributed by atoms with Crippen LogP contribution in [0.3, 0.4) is 0 Å². The first kappa shape index (κ1) is 10.5. The van der Waals surface area contributed by atoms with E-state index in [0.29, 0.717) is 0 Å². The Hall–Kier alpha value is -1.06. The van der Waals surface area contributed by atoms with Gasteiger partial charge in [-0.2, -0.15) is 0 Å². The molecule has 1 N–H and O–H groups in total. The molecule has 0 aliphatic rings. The molecule has 15 heavy (non-hydrogen) atoms. The quantitative estimate of drug-likeness (QED) is 0.838. The maximum atomic E-state index is 3.44. The zero-order valence-electron chi connectivity index (χ0n) is 9.16. The zero-order chi connectivity index (χ0) is 10.7. The van der Waals surface area contributed by atoms with E-state index in [-0.39, 0.29) is 0 Å². The molecule has 0 atom stereocenters. The first-order chi connectivity index (χ1) is 7.24. The molecule has 2 nitrogen and oxygen atoms in total. The summed E-state index contributed by atoms with van der Waals surface area (Å²) >= 11 is 1.86. The maximum absolute atomic E-state index is 3.44. The Morgan fingerprint density at radius 1 is 1.27 bits per heavy atom. The molecule has 0 bridgehead atoms. The SMILES string of the molecule is Cc1ccc(CNCc2ccn(C)c2)s1. The minimum Gasteiger partial charge on any atom is -0.357 e. The molecule has 0 aromatic carbocycles. The minimum atomic E-state index is 0.942. The fourth-order valence-corrected chi connectivity index (χ4v) is 2.44. The summed E-state index contributed by atoms with van der Waals surface area (Å²) in [7, 11) is 2.05. The highest BCUT2D eigenvalue weighted by molar-refractivity contribution is 7.11. The highest BCUT2D eigenvalue weighted by atomic mass is 32.1. The predicted molar refractivity (Wildman–Crippen MR) is 65.0 cm³/mol. The number of aryl methyl sites for hydroxylation is 2. The number of nitrogens with zero attached hydrogens (tertiary/aromatic N) is 1. The van der Waals surface area contributed by atoms with E-state index < -0.39 is 0 Å². The van der Waals surface area contributed by atoms with Crippen LogP contribution in [0.2, 0.25) is 0 Å². The minimum absolute atomic E-state index is 0.942. The average molecular weight is 220 g/mol. The topological polar surface area (TPSA) is 17.0 Å². The third-order valence-electron chi connectivity index (χ3n) is 2.32. The Balaban J connectivity index is 1.80. The Morgan fingerprint density at radius 2 is 2.13 bits per heavy atom. The molecule has 0 aliphatic carbocycles. The van der Waals surface area contributed by atoms with Gasteiger partial charge in [0.25, 0.3) is 0 Å². The van der Waals surface area contributed by atoms with E-state index in [2.05, 4.69) is 47.4 Å². The second-order valence-electron chi connectivity index (χ2n) is 3.80. The van der Waals surface area contributed by atoms with Crippen LogP contribution in [0, 0.1) is 6.92 Å². The summed E-state index contributed by atoms with van der Waals surface area (Å²) in [6.45, 7) is 4.05. The van der Waals surface area contributed by atoms with Gasteiger partial charge in [0.1, 0.15) is 0 Å². The van der Waals surface area contributed by atoms with Crippen molar-refractivity contribution in [3.8, 4) is 0 Å². The van der Waals surface area contributed by atoms with Gasteiger partial charge >= 0.3 is 0 Å². The van der Waals surface area contributed by atoms with Crippen molar-refractivity contribution in [2.45, 2.75) is 20.0 Å². The van der Waals surface area contributed by atoms with Crippen LogP contribution in [0.15, 0.2) is 30.6 Å². The number of aromatic nitrogens is 1. The standard InChI is InChI=1S/C12H16N2S/c1-10-3-4-12(15-10)8-13-7-11-5-6-14(2)9-11/h3-6,9,13H,7-8H2,1-2H3. The van der Waals surface area contributed by atoms with Crippen molar-refractivity contribution in [2.24, 2.45) is 7.05 Å². The molecule has 0 unspecified atom stereocenters. The number of rotatable bonds is 4. The van der Waals surface area contributed by atoms with E-state index >= 15 is 0 Å². The molecule has 0 aliphatic heterocycles. The van der Waals surface area contributed by atoms with Crippen molar-refractivity contribution in [1.82, 2.24) is 9.88 Å². The van der Waals surface area contributed by atoms with Crippen LogP contribution in [0.1, 0.15) is 15.3 Å². The van der Waals surface area contributed by atoms with Crippen molar-refractivity contribution in [1.29, 1.82) is 0 Å².